The molecule has 0 aliphatic carbocycles. The fourth-order valence-corrected chi connectivity index (χ4v) is 12.4. The Hall–Kier alpha value is -9.12. The van der Waals surface area contributed by atoms with Crippen LogP contribution in [0.1, 0.15) is 52.7 Å². The van der Waals surface area contributed by atoms with Crippen LogP contribution in [0.25, 0.3) is 72.0 Å². The molecule has 0 saturated heterocycles. The maximum atomic E-state index is 2.56. The lowest BCUT2D eigenvalue weighted by molar-refractivity contribution is 0.590. The van der Waals surface area contributed by atoms with Crippen molar-refractivity contribution in [3.05, 3.63) is 266 Å². The van der Waals surface area contributed by atoms with Gasteiger partial charge < -0.3 is 14.4 Å². The molecule has 0 N–H and O–H groups in total. The summed E-state index contributed by atoms with van der Waals surface area (Å²) in [4.78, 5) is 5.12. The van der Waals surface area contributed by atoms with Gasteiger partial charge in [0.2, 0.25) is 0 Å². The Labute approximate surface area is 459 Å². The van der Waals surface area contributed by atoms with Crippen molar-refractivity contribution in [3.63, 3.8) is 0 Å². The van der Waals surface area contributed by atoms with Gasteiger partial charge in [-0.15, -0.1) is 0 Å². The van der Waals surface area contributed by atoms with E-state index in [-0.39, 0.29) is 17.5 Å². The van der Waals surface area contributed by atoms with Gasteiger partial charge in [-0.2, -0.15) is 0 Å². The number of aromatic nitrogens is 1. The molecule has 0 radical (unpaired) electrons. The van der Waals surface area contributed by atoms with Crippen molar-refractivity contribution in [1.29, 1.82) is 0 Å². The number of rotatable bonds is 7. The van der Waals surface area contributed by atoms with Gasteiger partial charge in [-0.3, -0.25) is 0 Å². The van der Waals surface area contributed by atoms with Crippen LogP contribution in [-0.4, -0.2) is 11.3 Å². The Morgan fingerprint density at radius 3 is 0.974 bits per heavy atom. The maximum absolute atomic E-state index is 2.56. The summed E-state index contributed by atoms with van der Waals surface area (Å²) in [6, 6.07) is 95.4. The average Bonchev–Trinajstić information content (AvgIpc) is 3.84. The largest absolute Gasteiger partial charge is 0.311 e. The maximum Gasteiger partial charge on any atom is 0.252 e. The second-order valence-electron chi connectivity index (χ2n) is 23.4. The van der Waals surface area contributed by atoms with Crippen LogP contribution in [0.5, 0.6) is 0 Å². The van der Waals surface area contributed by atoms with Crippen LogP contribution in [0.3, 0.4) is 0 Å². The van der Waals surface area contributed by atoms with E-state index in [1.54, 1.807) is 0 Å². The molecule has 11 aromatic carbocycles. The van der Waals surface area contributed by atoms with Crippen molar-refractivity contribution in [1.82, 2.24) is 4.57 Å². The number of anilines is 6. The molecule has 4 heteroatoms. The van der Waals surface area contributed by atoms with Gasteiger partial charge in [-0.25, -0.2) is 0 Å². The Morgan fingerprint density at radius 2 is 0.615 bits per heavy atom. The highest BCUT2D eigenvalue weighted by atomic mass is 15.2. The average molecular weight is 1000 g/mol. The van der Waals surface area contributed by atoms with E-state index in [0.717, 1.165) is 28.4 Å². The van der Waals surface area contributed by atoms with Crippen molar-refractivity contribution < 1.29 is 0 Å². The molecule has 3 nitrogen and oxygen atoms in total. The second kappa shape index (κ2) is 18.3. The summed E-state index contributed by atoms with van der Waals surface area (Å²) in [5, 5.41) is 2.54. The van der Waals surface area contributed by atoms with E-state index in [9.17, 15) is 0 Å². The molecule has 0 spiro atoms. The standard InChI is InChI=1S/C74H60BN3/c1-73(2,3)57-33-41-66-62(45-57)63-46-58(74(4,5)6)34-42-67(63)78(66)61-47-70-72-71(48-61)77(60-37-29-54(30-38-60)50-21-13-8-14-22-50)69-40-32-56(52-25-17-10-18-26-52)44-65(69)75(72)64-43-55(51-23-15-9-16-24-51)31-39-68(64)76(70)59-35-27-53(28-36-59)49-19-11-7-12-20-49/h7-48H,1-6H3. The van der Waals surface area contributed by atoms with Gasteiger partial charge in [0, 0.05) is 44.9 Å². The van der Waals surface area contributed by atoms with Crippen LogP contribution in [-0.2, 0) is 10.8 Å². The summed E-state index contributed by atoms with van der Waals surface area (Å²) < 4.78 is 2.55. The first kappa shape index (κ1) is 47.3. The van der Waals surface area contributed by atoms with Crippen molar-refractivity contribution in [2.24, 2.45) is 0 Å². The zero-order chi connectivity index (χ0) is 52.9. The molecule has 12 aromatic rings. The fourth-order valence-electron chi connectivity index (χ4n) is 12.4. The minimum Gasteiger partial charge on any atom is -0.311 e. The van der Waals surface area contributed by atoms with E-state index in [0.29, 0.717) is 0 Å². The molecule has 0 amide bonds. The first-order valence-corrected chi connectivity index (χ1v) is 27.5. The Kier molecular flexibility index (Phi) is 11.1. The number of benzene rings is 11. The molecule has 374 valence electrons. The van der Waals surface area contributed by atoms with Crippen molar-refractivity contribution in [2.75, 3.05) is 9.80 Å². The van der Waals surface area contributed by atoms with Gasteiger partial charge in [-0.1, -0.05) is 224 Å². The third-order valence-corrected chi connectivity index (χ3v) is 16.5. The minimum atomic E-state index is -0.108. The summed E-state index contributed by atoms with van der Waals surface area (Å²) in [5.74, 6) is 0. The van der Waals surface area contributed by atoms with Crippen molar-refractivity contribution in [3.8, 4) is 50.2 Å². The fraction of sp³-hybridized carbons (Fsp3) is 0.108. The van der Waals surface area contributed by atoms with E-state index in [4.69, 9.17) is 0 Å². The van der Waals surface area contributed by atoms with Gasteiger partial charge >= 0.3 is 0 Å². The summed E-state index contributed by atoms with van der Waals surface area (Å²) in [7, 11) is 0. The lowest BCUT2D eigenvalue weighted by Gasteiger charge is -2.44. The number of nitrogens with zero attached hydrogens (tertiary/aromatic N) is 3. The molecule has 0 fully saturated rings. The van der Waals surface area contributed by atoms with Crippen LogP contribution in [0.4, 0.5) is 34.1 Å². The van der Waals surface area contributed by atoms with Crippen LogP contribution in [0.15, 0.2) is 255 Å². The monoisotopic (exact) mass is 1000 g/mol. The van der Waals surface area contributed by atoms with E-state index in [1.807, 2.05) is 0 Å². The molecule has 1 aromatic heterocycles. The SMILES string of the molecule is CC(C)(C)c1ccc2c(c1)c1cc(C(C)(C)C)ccc1n2-c1cc2c3c(c1)N(c1ccc(-c4ccccc4)cc1)c1ccc(-c4ccccc4)cc1B3c1cc(-c3ccccc3)ccc1N2c1ccc(-c2ccccc2)cc1. The van der Waals surface area contributed by atoms with E-state index >= 15 is 0 Å². The topological polar surface area (TPSA) is 11.4 Å². The van der Waals surface area contributed by atoms with Gasteiger partial charge in [-0.05, 0) is 156 Å². The van der Waals surface area contributed by atoms with Gasteiger partial charge in [0.1, 0.15) is 0 Å². The van der Waals surface area contributed by atoms with E-state index < -0.39 is 0 Å². The highest BCUT2D eigenvalue weighted by Gasteiger charge is 2.44. The van der Waals surface area contributed by atoms with Crippen LogP contribution >= 0.6 is 0 Å². The zero-order valence-electron chi connectivity index (χ0n) is 45.2. The highest BCUT2D eigenvalue weighted by Crippen LogP contribution is 2.48. The lowest BCUT2D eigenvalue weighted by atomic mass is 9.33. The first-order valence-electron chi connectivity index (χ1n) is 27.5. The number of hydrogen-bond donors (Lipinski definition) is 0. The van der Waals surface area contributed by atoms with E-state index in [2.05, 4.69) is 311 Å². The second-order valence-corrected chi connectivity index (χ2v) is 23.4. The third kappa shape index (κ3) is 7.97. The number of hydrogen-bond acceptors (Lipinski definition) is 2. The molecular weight excluding hydrogens is 942 g/mol. The quantitative estimate of drug-likeness (QED) is 0.147. The molecular formula is C74H60BN3. The van der Waals surface area contributed by atoms with E-state index in [1.165, 1.54) is 105 Å². The third-order valence-electron chi connectivity index (χ3n) is 16.5. The summed E-state index contributed by atoms with van der Waals surface area (Å²) in [6.07, 6.45) is 0. The first-order chi connectivity index (χ1) is 37.9. The van der Waals surface area contributed by atoms with Gasteiger partial charge in [0.05, 0.1) is 16.7 Å². The minimum absolute atomic E-state index is 0.0239. The van der Waals surface area contributed by atoms with Crippen molar-refractivity contribution in [2.45, 2.75) is 52.4 Å². The molecule has 3 heterocycles. The summed E-state index contributed by atoms with van der Waals surface area (Å²) in [5.41, 5.74) is 26.4. The molecule has 14 rings (SSSR count). The molecule has 0 unspecified atom stereocenters. The molecule has 0 bridgehead atoms. The van der Waals surface area contributed by atoms with Gasteiger partial charge in [0.15, 0.2) is 0 Å². The Bertz CT molecular complexity index is 3970. The molecule has 78 heavy (non-hydrogen) atoms. The Balaban J connectivity index is 1.10. The number of fused-ring (bicyclic) bond motifs is 7. The smallest absolute Gasteiger partial charge is 0.252 e. The lowest BCUT2D eigenvalue weighted by Crippen LogP contribution is -2.61. The predicted octanol–water partition coefficient (Wildman–Crippen LogP) is 18.1. The summed E-state index contributed by atoms with van der Waals surface area (Å²) >= 11 is 0. The van der Waals surface area contributed by atoms with Crippen LogP contribution in [0.2, 0.25) is 0 Å². The van der Waals surface area contributed by atoms with Gasteiger partial charge in [0.25, 0.3) is 6.71 Å². The van der Waals surface area contributed by atoms with Crippen LogP contribution in [0, 0.1) is 0 Å². The van der Waals surface area contributed by atoms with Crippen molar-refractivity contribution >= 4 is 79.0 Å². The normalized spacial score (nSPS) is 12.9. The molecule has 0 saturated carbocycles. The summed E-state index contributed by atoms with van der Waals surface area (Å²) in [6.45, 7) is 13.8. The zero-order valence-corrected chi connectivity index (χ0v) is 45.2. The molecule has 2 aliphatic heterocycles. The Morgan fingerprint density at radius 1 is 0.282 bits per heavy atom. The molecule has 0 atom stereocenters. The molecule has 2 aliphatic rings. The predicted molar refractivity (Wildman–Crippen MR) is 334 cm³/mol. The highest BCUT2D eigenvalue weighted by molar-refractivity contribution is 7.00. The van der Waals surface area contributed by atoms with Crippen LogP contribution < -0.4 is 26.2 Å².